The maximum atomic E-state index is 12.1. The molecule has 0 saturated carbocycles. The molecule has 0 atom stereocenters. The van der Waals surface area contributed by atoms with Crippen molar-refractivity contribution in [3.05, 3.63) is 24.0 Å². The molecule has 1 heterocycles. The number of nitrogens with one attached hydrogen (secondary N) is 1. The standard InChI is InChI=1S/C12H18N4O2S.ClH/c1-3-12(14,4-2)9-16-19(17,18)11-6-5-7-15-10(11)8-13;/h5-7,16H,3-4,9,14H2,1-2H3;1H. The smallest absolute Gasteiger partial charge is 0.243 e. The molecule has 3 N–H and O–H groups in total. The molecule has 0 amide bonds. The van der Waals surface area contributed by atoms with Gasteiger partial charge in [0.05, 0.1) is 0 Å². The van der Waals surface area contributed by atoms with Crippen molar-refractivity contribution >= 4 is 22.4 Å². The Morgan fingerprint density at radius 1 is 1.45 bits per heavy atom. The van der Waals surface area contributed by atoms with Gasteiger partial charge in [-0.15, -0.1) is 12.4 Å². The lowest BCUT2D eigenvalue weighted by molar-refractivity contribution is 0.391. The average molecular weight is 319 g/mol. The summed E-state index contributed by atoms with van der Waals surface area (Å²) in [6.07, 6.45) is 2.69. The molecule has 20 heavy (non-hydrogen) atoms. The fraction of sp³-hybridized carbons (Fsp3) is 0.500. The van der Waals surface area contributed by atoms with Crippen LogP contribution in [0.3, 0.4) is 0 Å². The van der Waals surface area contributed by atoms with Crippen molar-refractivity contribution in [1.29, 1.82) is 5.26 Å². The number of nitrogens with two attached hydrogens (primary N) is 1. The van der Waals surface area contributed by atoms with Crippen molar-refractivity contribution in [3.8, 4) is 6.07 Å². The third-order valence-corrected chi connectivity index (χ3v) is 4.62. The van der Waals surface area contributed by atoms with Crippen LogP contribution in [-0.2, 0) is 10.0 Å². The van der Waals surface area contributed by atoms with Gasteiger partial charge in [-0.05, 0) is 25.0 Å². The Hall–Kier alpha value is -1.20. The Morgan fingerprint density at radius 3 is 2.55 bits per heavy atom. The summed E-state index contributed by atoms with van der Waals surface area (Å²) >= 11 is 0. The second kappa shape index (κ2) is 7.55. The Bertz CT molecular complexity index is 579. The number of nitrogens with zero attached hydrogens (tertiary/aromatic N) is 2. The Kier molecular flexibility index (Phi) is 7.09. The van der Waals surface area contributed by atoms with Crippen molar-refractivity contribution in [2.24, 2.45) is 5.73 Å². The molecule has 0 spiro atoms. The van der Waals surface area contributed by atoms with Crippen molar-refractivity contribution in [2.75, 3.05) is 6.54 Å². The Labute approximate surface area is 125 Å². The number of sulfonamides is 1. The first-order valence-electron chi connectivity index (χ1n) is 6.02. The van der Waals surface area contributed by atoms with E-state index in [1.807, 2.05) is 13.8 Å². The largest absolute Gasteiger partial charge is 0.324 e. The average Bonchev–Trinajstić information content (AvgIpc) is 2.44. The maximum Gasteiger partial charge on any atom is 0.243 e. The van der Waals surface area contributed by atoms with Gasteiger partial charge in [-0.3, -0.25) is 0 Å². The summed E-state index contributed by atoms with van der Waals surface area (Å²) in [6.45, 7) is 3.94. The second-order valence-corrected chi connectivity index (χ2v) is 6.09. The molecule has 1 aromatic rings. The van der Waals surface area contributed by atoms with Crippen molar-refractivity contribution < 1.29 is 8.42 Å². The number of nitriles is 1. The van der Waals surface area contributed by atoms with E-state index in [9.17, 15) is 8.42 Å². The minimum atomic E-state index is -3.77. The zero-order valence-electron chi connectivity index (χ0n) is 11.5. The first kappa shape index (κ1) is 18.8. The highest BCUT2D eigenvalue weighted by Gasteiger charge is 2.25. The third-order valence-electron chi connectivity index (χ3n) is 3.19. The van der Waals surface area contributed by atoms with Gasteiger partial charge in [-0.1, -0.05) is 13.8 Å². The lowest BCUT2D eigenvalue weighted by Gasteiger charge is -2.26. The Morgan fingerprint density at radius 2 is 2.05 bits per heavy atom. The highest BCUT2D eigenvalue weighted by atomic mass is 35.5. The zero-order valence-corrected chi connectivity index (χ0v) is 13.1. The monoisotopic (exact) mass is 318 g/mol. The summed E-state index contributed by atoms with van der Waals surface area (Å²) in [5.41, 5.74) is 5.34. The van der Waals surface area contributed by atoms with Gasteiger partial charge in [0.15, 0.2) is 5.69 Å². The van der Waals surface area contributed by atoms with Crippen LogP contribution in [0.1, 0.15) is 32.4 Å². The molecule has 0 bridgehead atoms. The minimum Gasteiger partial charge on any atom is -0.324 e. The number of aromatic nitrogens is 1. The van der Waals surface area contributed by atoms with Gasteiger partial charge in [0.1, 0.15) is 11.0 Å². The first-order valence-corrected chi connectivity index (χ1v) is 7.50. The fourth-order valence-electron chi connectivity index (χ4n) is 1.51. The SMILES string of the molecule is CCC(N)(CC)CNS(=O)(=O)c1cccnc1C#N.Cl. The molecule has 6 nitrogen and oxygen atoms in total. The van der Waals surface area contributed by atoms with Gasteiger partial charge < -0.3 is 5.73 Å². The molecule has 0 aromatic carbocycles. The summed E-state index contributed by atoms with van der Waals surface area (Å²) in [4.78, 5) is 3.62. The molecule has 0 aliphatic heterocycles. The molecular weight excluding hydrogens is 300 g/mol. The molecule has 0 unspecified atom stereocenters. The van der Waals surface area contributed by atoms with E-state index in [0.717, 1.165) is 0 Å². The fourth-order valence-corrected chi connectivity index (χ4v) is 2.75. The summed E-state index contributed by atoms with van der Waals surface area (Å²) in [5.74, 6) is 0. The van der Waals surface area contributed by atoms with E-state index < -0.39 is 15.6 Å². The van der Waals surface area contributed by atoms with Gasteiger partial charge in [-0.2, -0.15) is 5.26 Å². The molecule has 1 aromatic heterocycles. The van der Waals surface area contributed by atoms with Crippen LogP contribution in [0.2, 0.25) is 0 Å². The summed E-state index contributed by atoms with van der Waals surface area (Å²) < 4.78 is 26.7. The lowest BCUT2D eigenvalue weighted by Crippen LogP contribution is -2.49. The van der Waals surface area contributed by atoms with Crippen molar-refractivity contribution in [3.63, 3.8) is 0 Å². The van der Waals surface area contributed by atoms with Crippen LogP contribution < -0.4 is 10.5 Å². The third kappa shape index (κ3) is 4.42. The van der Waals surface area contributed by atoms with Gasteiger partial charge >= 0.3 is 0 Å². The van der Waals surface area contributed by atoms with Crippen molar-refractivity contribution in [2.45, 2.75) is 37.1 Å². The number of rotatable bonds is 6. The number of hydrogen-bond acceptors (Lipinski definition) is 5. The molecule has 1 rings (SSSR count). The molecule has 0 radical (unpaired) electrons. The van der Waals surface area contributed by atoms with Crippen LogP contribution in [0.15, 0.2) is 23.2 Å². The summed E-state index contributed by atoms with van der Waals surface area (Å²) in [5, 5.41) is 8.87. The molecule has 112 valence electrons. The van der Waals surface area contributed by atoms with Gasteiger partial charge in [0.2, 0.25) is 10.0 Å². The van der Waals surface area contributed by atoms with E-state index >= 15 is 0 Å². The van der Waals surface area contributed by atoms with Crippen LogP contribution in [-0.4, -0.2) is 25.5 Å². The van der Waals surface area contributed by atoms with Crippen LogP contribution in [0.5, 0.6) is 0 Å². The highest BCUT2D eigenvalue weighted by molar-refractivity contribution is 7.89. The quantitative estimate of drug-likeness (QED) is 0.818. The van der Waals surface area contributed by atoms with E-state index in [-0.39, 0.29) is 29.5 Å². The molecule has 0 saturated heterocycles. The van der Waals surface area contributed by atoms with E-state index in [1.54, 1.807) is 6.07 Å². The van der Waals surface area contributed by atoms with E-state index in [2.05, 4.69) is 9.71 Å². The van der Waals surface area contributed by atoms with Gasteiger partial charge in [0, 0.05) is 18.3 Å². The molecule has 0 fully saturated rings. The van der Waals surface area contributed by atoms with Gasteiger partial charge in [0.25, 0.3) is 0 Å². The number of pyridine rings is 1. The van der Waals surface area contributed by atoms with E-state index in [4.69, 9.17) is 11.0 Å². The van der Waals surface area contributed by atoms with Crippen LogP contribution >= 0.6 is 12.4 Å². The van der Waals surface area contributed by atoms with Crippen molar-refractivity contribution in [1.82, 2.24) is 9.71 Å². The minimum absolute atomic E-state index is 0. The van der Waals surface area contributed by atoms with Crippen LogP contribution in [0.25, 0.3) is 0 Å². The topological polar surface area (TPSA) is 109 Å². The van der Waals surface area contributed by atoms with Crippen LogP contribution in [0.4, 0.5) is 0 Å². The van der Waals surface area contributed by atoms with E-state index in [1.165, 1.54) is 18.3 Å². The lowest BCUT2D eigenvalue weighted by atomic mass is 9.95. The summed E-state index contributed by atoms with van der Waals surface area (Å²) in [6, 6.07) is 4.59. The number of halogens is 1. The summed E-state index contributed by atoms with van der Waals surface area (Å²) in [7, 11) is -3.77. The number of hydrogen-bond donors (Lipinski definition) is 2. The maximum absolute atomic E-state index is 12.1. The second-order valence-electron chi connectivity index (χ2n) is 4.36. The van der Waals surface area contributed by atoms with Gasteiger partial charge in [-0.25, -0.2) is 18.1 Å². The molecule has 8 heteroatoms. The molecular formula is C12H19ClN4O2S. The highest BCUT2D eigenvalue weighted by Crippen LogP contribution is 2.14. The van der Waals surface area contributed by atoms with Crippen LogP contribution in [0, 0.1) is 11.3 Å². The zero-order chi connectivity index (χ0) is 14.5. The van der Waals surface area contributed by atoms with E-state index in [0.29, 0.717) is 12.8 Å². The molecule has 0 aliphatic rings. The predicted octanol–water partition coefficient (Wildman–Crippen LogP) is 1.17. The molecule has 0 aliphatic carbocycles. The first-order chi connectivity index (χ1) is 8.88. The Balaban J connectivity index is 0.00000361. The normalized spacial score (nSPS) is 11.5. The predicted molar refractivity (Wildman–Crippen MR) is 78.9 cm³/mol.